The number of nitrogens with one attached hydrogen (secondary N) is 1. The number of nitrogens with two attached hydrogens (primary N) is 3. The number of benzene rings is 4. The number of ketones is 3. The van der Waals surface area contributed by atoms with Gasteiger partial charge in [-0.3, -0.25) is 24.0 Å². The summed E-state index contributed by atoms with van der Waals surface area (Å²) in [6.07, 6.45) is 5.86. The second-order valence-corrected chi connectivity index (χ2v) is 18.4. The van der Waals surface area contributed by atoms with Crippen molar-refractivity contribution < 1.29 is 38.2 Å². The molecule has 2 amide bonds. The number of aryl methyl sites for hydroxylation is 2. The normalized spacial score (nSPS) is 16.3. The van der Waals surface area contributed by atoms with E-state index in [0.29, 0.717) is 45.3 Å². The number of amides is 2. The molecule has 0 saturated heterocycles. The molecular formula is C55H69ClN6O8. The van der Waals surface area contributed by atoms with Crippen molar-refractivity contribution in [2.75, 3.05) is 39.9 Å². The predicted octanol–water partition coefficient (Wildman–Crippen LogP) is 8.41. The number of fused-ring (bicyclic) bond motifs is 5. The first-order valence-corrected chi connectivity index (χ1v) is 24.9. The molecule has 5 rings (SSSR count). The molecular weight excluding hydrogens is 908 g/mol. The molecule has 1 heterocycles. The summed E-state index contributed by atoms with van der Waals surface area (Å²) in [6.45, 7) is 6.75. The summed E-state index contributed by atoms with van der Waals surface area (Å²) in [5.41, 5.74) is 22.7. The van der Waals surface area contributed by atoms with E-state index in [1.54, 1.807) is 55.5 Å². The maximum atomic E-state index is 14.8. The molecule has 0 saturated carbocycles. The molecule has 14 nitrogen and oxygen atoms in total. The van der Waals surface area contributed by atoms with Crippen LogP contribution in [0.4, 0.5) is 0 Å². The molecule has 1 aliphatic heterocycles. The van der Waals surface area contributed by atoms with Crippen molar-refractivity contribution in [1.82, 2.24) is 10.2 Å². The highest BCUT2D eigenvalue weighted by Gasteiger charge is 2.36. The summed E-state index contributed by atoms with van der Waals surface area (Å²) >= 11 is 6.78. The first-order valence-electron chi connectivity index (χ1n) is 24.5. The number of unbranched alkanes of at least 4 members (excludes halogenated alkanes) is 2. The first-order chi connectivity index (χ1) is 33.8. The third-order valence-electron chi connectivity index (χ3n) is 12.6. The molecule has 70 heavy (non-hydrogen) atoms. The molecule has 4 bridgehead atoms. The Labute approximate surface area is 417 Å². The Morgan fingerprint density at radius 1 is 0.829 bits per heavy atom. The van der Waals surface area contributed by atoms with Gasteiger partial charge in [0.2, 0.25) is 11.8 Å². The molecule has 0 unspecified atom stereocenters. The van der Waals surface area contributed by atoms with Gasteiger partial charge in [0, 0.05) is 80.4 Å². The zero-order valence-electron chi connectivity index (χ0n) is 41.0. The summed E-state index contributed by atoms with van der Waals surface area (Å²) in [5, 5.41) is 12.3. The van der Waals surface area contributed by atoms with Crippen LogP contribution in [0.3, 0.4) is 0 Å². The van der Waals surface area contributed by atoms with E-state index in [9.17, 15) is 29.2 Å². The molecule has 0 spiro atoms. The van der Waals surface area contributed by atoms with Gasteiger partial charge in [0.1, 0.15) is 42.3 Å². The molecule has 4 atom stereocenters. The van der Waals surface area contributed by atoms with Crippen LogP contribution in [0.15, 0.2) is 72.8 Å². The molecule has 0 fully saturated rings. The number of carbonyl (C=O) groups excluding carboxylic acids is 5. The van der Waals surface area contributed by atoms with Crippen molar-refractivity contribution in [3.8, 4) is 40.2 Å². The molecule has 374 valence electrons. The Kier molecular flexibility index (Phi) is 21.4. The largest absolute Gasteiger partial charge is 0.492 e. The average molecular weight is 978 g/mol. The summed E-state index contributed by atoms with van der Waals surface area (Å²) in [4.78, 5) is 72.3. The van der Waals surface area contributed by atoms with Crippen LogP contribution in [-0.4, -0.2) is 80.0 Å². The minimum atomic E-state index is -1.25. The van der Waals surface area contributed by atoms with Gasteiger partial charge < -0.3 is 41.6 Å². The number of carbonyl (C=O) groups is 5. The van der Waals surface area contributed by atoms with Crippen molar-refractivity contribution >= 4 is 40.8 Å². The van der Waals surface area contributed by atoms with Gasteiger partial charge >= 0.3 is 0 Å². The zero-order valence-corrected chi connectivity index (χ0v) is 41.8. The number of nitriles is 1. The highest BCUT2D eigenvalue weighted by atomic mass is 35.5. The van der Waals surface area contributed by atoms with Gasteiger partial charge in [0.05, 0.1) is 17.1 Å². The first kappa shape index (κ1) is 54.8. The number of rotatable bonds is 24. The quantitative estimate of drug-likeness (QED) is 0.0485. The van der Waals surface area contributed by atoms with Gasteiger partial charge in [0.25, 0.3) is 0 Å². The Hall–Kier alpha value is -6.11. The molecule has 15 heteroatoms. The predicted molar refractivity (Wildman–Crippen MR) is 272 cm³/mol. The molecule has 0 aromatic heterocycles. The van der Waals surface area contributed by atoms with Crippen molar-refractivity contribution in [3.05, 3.63) is 106 Å². The maximum absolute atomic E-state index is 14.8. The fourth-order valence-electron chi connectivity index (χ4n) is 8.77. The van der Waals surface area contributed by atoms with Crippen LogP contribution >= 0.6 is 11.6 Å². The van der Waals surface area contributed by atoms with Crippen molar-refractivity contribution in [2.24, 2.45) is 29.0 Å². The lowest BCUT2D eigenvalue weighted by Gasteiger charge is -2.32. The van der Waals surface area contributed by atoms with Crippen molar-refractivity contribution in [3.63, 3.8) is 0 Å². The van der Waals surface area contributed by atoms with Crippen molar-refractivity contribution in [1.29, 1.82) is 5.26 Å². The minimum Gasteiger partial charge on any atom is -0.492 e. The lowest BCUT2D eigenvalue weighted by Crippen LogP contribution is -2.46. The van der Waals surface area contributed by atoms with Crippen LogP contribution in [0.1, 0.15) is 117 Å². The zero-order chi connectivity index (χ0) is 50.7. The average Bonchev–Trinajstić information content (AvgIpc) is 3.35. The van der Waals surface area contributed by atoms with E-state index in [1.807, 2.05) is 18.2 Å². The summed E-state index contributed by atoms with van der Waals surface area (Å²) in [6, 6.07) is 21.2. The van der Waals surface area contributed by atoms with Gasteiger partial charge in [-0.15, -0.1) is 0 Å². The Morgan fingerprint density at radius 2 is 1.47 bits per heavy atom. The number of Topliss-reactive ketones (excluding diaryl/α,β-unsaturated/α-hetero) is 3. The van der Waals surface area contributed by atoms with Crippen LogP contribution < -0.4 is 36.7 Å². The van der Waals surface area contributed by atoms with E-state index in [2.05, 4.69) is 31.3 Å². The monoisotopic (exact) mass is 976 g/mol. The lowest BCUT2D eigenvalue weighted by atomic mass is 9.88. The van der Waals surface area contributed by atoms with Crippen LogP contribution in [0.5, 0.6) is 23.0 Å². The van der Waals surface area contributed by atoms with E-state index in [0.717, 1.165) is 38.5 Å². The molecule has 1 aliphatic rings. The van der Waals surface area contributed by atoms with Gasteiger partial charge in [-0.2, -0.15) is 5.26 Å². The van der Waals surface area contributed by atoms with E-state index >= 15 is 0 Å². The fraction of sp³-hybridized carbons (Fsp3) is 0.455. The van der Waals surface area contributed by atoms with E-state index < -0.39 is 47.3 Å². The molecule has 4 aromatic carbocycles. The van der Waals surface area contributed by atoms with E-state index in [4.69, 9.17) is 43.0 Å². The number of ether oxygens (including phenoxy) is 3. The van der Waals surface area contributed by atoms with Gasteiger partial charge in [-0.25, -0.2) is 0 Å². The Balaban J connectivity index is 1.50. The number of hydrogen-bond donors (Lipinski definition) is 4. The SMILES string of the molecule is CCCCc1ccc(Oc2ccc(C(=O)C[C@@H](CCN)C(=O)N(C)[C@@H]3C(=O)C[C@@H](C)C(=O)N[C@H](C(=O)CCC#N)Cc4ccc(OCCN)c(c4)-c4cc3ccc4OCCN)c(Cl)c2)cc1CCCC. The number of halogens is 1. The second kappa shape index (κ2) is 27.3. The molecule has 0 radical (unpaired) electrons. The van der Waals surface area contributed by atoms with Crippen LogP contribution in [0.25, 0.3) is 11.1 Å². The summed E-state index contributed by atoms with van der Waals surface area (Å²) < 4.78 is 18.5. The highest BCUT2D eigenvalue weighted by molar-refractivity contribution is 6.34. The van der Waals surface area contributed by atoms with E-state index in [1.165, 1.54) is 23.1 Å². The Bertz CT molecular complexity index is 2510. The summed E-state index contributed by atoms with van der Waals surface area (Å²) in [7, 11) is 1.49. The van der Waals surface area contributed by atoms with Crippen LogP contribution in [0.2, 0.25) is 5.02 Å². The van der Waals surface area contributed by atoms with Gasteiger partial charge in [-0.1, -0.05) is 63.4 Å². The maximum Gasteiger partial charge on any atom is 0.226 e. The second-order valence-electron chi connectivity index (χ2n) is 18.0. The number of likely N-dealkylation sites (N-methyl/N-ethyl adjacent to an activating group) is 1. The number of hydrogen-bond acceptors (Lipinski definition) is 12. The Morgan fingerprint density at radius 3 is 2.11 bits per heavy atom. The smallest absolute Gasteiger partial charge is 0.226 e. The molecule has 0 aliphatic carbocycles. The van der Waals surface area contributed by atoms with Gasteiger partial charge in [0.15, 0.2) is 17.3 Å². The topological polar surface area (TPSA) is 230 Å². The third kappa shape index (κ3) is 14.7. The summed E-state index contributed by atoms with van der Waals surface area (Å²) in [5.74, 6) is -2.17. The fourth-order valence-corrected chi connectivity index (χ4v) is 9.05. The van der Waals surface area contributed by atoms with Gasteiger partial charge in [-0.05, 0) is 116 Å². The highest BCUT2D eigenvalue weighted by Crippen LogP contribution is 2.41. The molecule has 4 aromatic rings. The lowest BCUT2D eigenvalue weighted by molar-refractivity contribution is -0.142. The third-order valence-corrected chi connectivity index (χ3v) is 12.9. The standard InChI is InChI=1S/C55H69ClN6O8/c1-5-7-10-37-14-16-41(31-38(37)11-8-6-2)70-42-17-18-43(46(56)34-42)49(64)33-40(21-23-58)55(67)62(4)53-39-15-20-52(69-27-25-60)45(32-39)44-29-36(13-19-51(44)68-26-24-59)30-47(48(63)12-9-22-57)61-54(66)35(3)28-50(53)65/h13-20,29,31-32,34-35,40,47,53H,5-12,21,23-28,30,33,58-60H2,1-4H3,(H,61,66)/t35-,40-,47+,53+/m1/s1. The van der Waals surface area contributed by atoms with Crippen LogP contribution in [0, 0.1) is 23.2 Å². The minimum absolute atomic E-state index is 0.0350. The van der Waals surface area contributed by atoms with Crippen LogP contribution in [-0.2, 0) is 38.4 Å². The van der Waals surface area contributed by atoms with Crippen molar-refractivity contribution in [2.45, 2.75) is 110 Å². The number of nitrogens with zero attached hydrogens (tertiary/aromatic N) is 2. The van der Waals surface area contributed by atoms with E-state index in [-0.39, 0.29) is 87.7 Å². The molecule has 7 N–H and O–H groups in total.